The number of hydrogen-bond acceptors (Lipinski definition) is 6. The predicted molar refractivity (Wildman–Crippen MR) is 161 cm³/mol. The molecule has 5 aromatic rings. The Morgan fingerprint density at radius 1 is 0.955 bits per heavy atom. The third kappa shape index (κ3) is 6.15. The van der Waals surface area contributed by atoms with Crippen LogP contribution in [0.1, 0.15) is 31.7 Å². The Bertz CT molecular complexity index is 1930. The Hall–Kier alpha value is -3.26. The number of amides is 2. The molecular weight excluding hydrogens is 716 g/mol. The van der Waals surface area contributed by atoms with Gasteiger partial charge in [-0.25, -0.2) is 9.37 Å². The molecule has 0 unspecified atom stereocenters. The lowest BCUT2D eigenvalue weighted by Gasteiger charge is -2.13. The van der Waals surface area contributed by atoms with Crippen LogP contribution in [0.2, 0.25) is 25.1 Å². The maximum atomic E-state index is 13.7. The van der Waals surface area contributed by atoms with Crippen molar-refractivity contribution in [2.45, 2.75) is 12.8 Å². The van der Waals surface area contributed by atoms with E-state index in [9.17, 15) is 27.2 Å². The SMILES string of the molecule is NC(=O)c1sc2nc(C(F)(F)F)cc(-c3ccc(F)cc3)c2c1NC(=O)c1ccc(COc2c(Cl)c(Cl)c(Cl)c(Cl)c2Cl)o1. The van der Waals surface area contributed by atoms with E-state index < -0.39 is 29.5 Å². The monoisotopic (exact) mass is 725 g/mol. The van der Waals surface area contributed by atoms with Gasteiger partial charge < -0.3 is 20.2 Å². The van der Waals surface area contributed by atoms with Crippen LogP contribution in [0.4, 0.5) is 23.2 Å². The molecule has 0 aliphatic carbocycles. The fourth-order valence-electron chi connectivity index (χ4n) is 4.00. The molecule has 3 heterocycles. The van der Waals surface area contributed by atoms with Gasteiger partial charge in [0.15, 0.2) is 11.5 Å². The number of hydrogen-bond donors (Lipinski definition) is 2. The summed E-state index contributed by atoms with van der Waals surface area (Å²) >= 11 is 30.9. The first-order valence-electron chi connectivity index (χ1n) is 11.8. The van der Waals surface area contributed by atoms with Crippen molar-refractivity contribution in [3.63, 3.8) is 0 Å². The van der Waals surface area contributed by atoms with E-state index in [1.165, 1.54) is 24.3 Å². The van der Waals surface area contributed by atoms with Crippen LogP contribution in [0.15, 0.2) is 46.9 Å². The average molecular weight is 728 g/mol. The number of ether oxygens (including phenoxy) is 1. The first-order chi connectivity index (χ1) is 20.7. The Morgan fingerprint density at radius 2 is 1.57 bits per heavy atom. The molecule has 2 aromatic carbocycles. The van der Waals surface area contributed by atoms with E-state index in [1.54, 1.807) is 0 Å². The quantitative estimate of drug-likeness (QED) is 0.0986. The van der Waals surface area contributed by atoms with Crippen molar-refractivity contribution in [1.29, 1.82) is 0 Å². The lowest BCUT2D eigenvalue weighted by molar-refractivity contribution is -0.140. The third-order valence-electron chi connectivity index (χ3n) is 5.98. The van der Waals surface area contributed by atoms with Crippen molar-refractivity contribution >= 4 is 97.1 Å². The first kappa shape index (κ1) is 32.1. The molecule has 17 heteroatoms. The van der Waals surface area contributed by atoms with Crippen molar-refractivity contribution in [1.82, 2.24) is 4.98 Å². The fraction of sp³-hybridized carbons (Fsp3) is 0.0741. The summed E-state index contributed by atoms with van der Waals surface area (Å²) in [5.74, 6) is -2.81. The van der Waals surface area contributed by atoms with E-state index in [0.29, 0.717) is 11.3 Å². The number of nitrogens with two attached hydrogens (primary N) is 1. The van der Waals surface area contributed by atoms with Gasteiger partial charge in [0.05, 0.1) is 20.8 Å². The minimum atomic E-state index is -4.85. The molecule has 0 radical (unpaired) electrons. The zero-order chi connectivity index (χ0) is 32.1. The molecule has 0 atom stereocenters. The van der Waals surface area contributed by atoms with Gasteiger partial charge >= 0.3 is 6.18 Å². The van der Waals surface area contributed by atoms with Crippen molar-refractivity contribution in [3.8, 4) is 16.9 Å². The van der Waals surface area contributed by atoms with E-state index >= 15 is 0 Å². The summed E-state index contributed by atoms with van der Waals surface area (Å²) in [6, 6.07) is 7.98. The number of aromatic nitrogens is 1. The Balaban J connectivity index is 1.50. The minimum absolute atomic E-state index is 0.0207. The number of carbonyl (C=O) groups excluding carboxylic acids is 2. The number of thiophene rings is 1. The molecule has 0 saturated carbocycles. The molecule has 228 valence electrons. The second kappa shape index (κ2) is 12.3. The van der Waals surface area contributed by atoms with Crippen molar-refractivity contribution in [3.05, 3.63) is 95.5 Å². The van der Waals surface area contributed by atoms with E-state index in [0.717, 1.165) is 18.2 Å². The normalized spacial score (nSPS) is 11.7. The minimum Gasteiger partial charge on any atom is -0.482 e. The lowest BCUT2D eigenvalue weighted by atomic mass is 10.0. The van der Waals surface area contributed by atoms with Crippen LogP contribution in [0, 0.1) is 5.82 Å². The zero-order valence-electron chi connectivity index (χ0n) is 21.2. The zero-order valence-corrected chi connectivity index (χ0v) is 25.8. The van der Waals surface area contributed by atoms with Crippen LogP contribution in [0.5, 0.6) is 5.75 Å². The summed E-state index contributed by atoms with van der Waals surface area (Å²) in [5.41, 5.74) is 4.12. The smallest absolute Gasteiger partial charge is 0.433 e. The maximum Gasteiger partial charge on any atom is 0.433 e. The summed E-state index contributed by atoms with van der Waals surface area (Å²) in [5, 5.41) is 1.98. The number of furan rings is 1. The van der Waals surface area contributed by atoms with Gasteiger partial charge in [-0.15, -0.1) is 11.3 Å². The maximum absolute atomic E-state index is 13.7. The van der Waals surface area contributed by atoms with Crippen molar-refractivity contribution in [2.24, 2.45) is 5.73 Å². The van der Waals surface area contributed by atoms with Crippen molar-refractivity contribution < 1.29 is 36.3 Å². The highest BCUT2D eigenvalue weighted by molar-refractivity contribution is 7.21. The van der Waals surface area contributed by atoms with E-state index in [1.807, 2.05) is 0 Å². The highest BCUT2D eigenvalue weighted by atomic mass is 35.5. The standard InChI is InChI=1S/C27H12Cl5F4N3O4S/c28-16-17(29)19(31)22(20(32)18(16)30)42-8-11-5-6-13(43-11)25(41)39-21-15-12(9-1-3-10(33)4-2-9)7-14(27(34,35)36)38-26(15)44-23(21)24(37)40/h1-7H,8H2,(H2,37,40)(H,39,41). The summed E-state index contributed by atoms with van der Waals surface area (Å²) in [7, 11) is 0. The highest BCUT2D eigenvalue weighted by Gasteiger charge is 2.35. The molecule has 0 spiro atoms. The predicted octanol–water partition coefficient (Wildman–Crippen LogP) is 9.91. The van der Waals surface area contributed by atoms with Crippen LogP contribution in [-0.4, -0.2) is 16.8 Å². The van der Waals surface area contributed by atoms with E-state index in [4.69, 9.17) is 72.9 Å². The number of fused-ring (bicyclic) bond motifs is 1. The number of nitrogens with zero attached hydrogens (tertiary/aromatic N) is 1. The largest absolute Gasteiger partial charge is 0.482 e. The molecule has 7 nitrogen and oxygen atoms in total. The van der Waals surface area contributed by atoms with Gasteiger partial charge in [-0.2, -0.15) is 13.2 Å². The lowest BCUT2D eigenvalue weighted by Crippen LogP contribution is -2.16. The molecule has 0 aliphatic heterocycles. The van der Waals surface area contributed by atoms with E-state index in [2.05, 4.69) is 10.3 Å². The van der Waals surface area contributed by atoms with Gasteiger partial charge in [0.2, 0.25) is 0 Å². The number of nitrogens with one attached hydrogen (secondary N) is 1. The summed E-state index contributed by atoms with van der Waals surface area (Å²) in [4.78, 5) is 28.7. The van der Waals surface area contributed by atoms with Gasteiger partial charge in [0.25, 0.3) is 11.8 Å². The van der Waals surface area contributed by atoms with Crippen LogP contribution in [-0.2, 0) is 12.8 Å². The first-order valence-corrected chi connectivity index (χ1v) is 14.5. The van der Waals surface area contributed by atoms with Crippen LogP contribution in [0.25, 0.3) is 21.3 Å². The number of primary amides is 1. The fourth-order valence-corrected chi connectivity index (χ4v) is 6.24. The van der Waals surface area contributed by atoms with Gasteiger partial charge in [-0.05, 0) is 41.5 Å². The Labute approximate surface area is 273 Å². The Kier molecular flexibility index (Phi) is 8.96. The second-order valence-corrected chi connectivity index (χ2v) is 11.7. The topological polar surface area (TPSA) is 107 Å². The molecule has 2 amide bonds. The summed E-state index contributed by atoms with van der Waals surface area (Å²) in [6.45, 7) is -0.298. The number of benzene rings is 2. The summed E-state index contributed by atoms with van der Waals surface area (Å²) < 4.78 is 65.9. The molecule has 0 fully saturated rings. The molecule has 3 N–H and O–H groups in total. The summed E-state index contributed by atoms with van der Waals surface area (Å²) in [6.07, 6.45) is -4.85. The van der Waals surface area contributed by atoms with Crippen molar-refractivity contribution in [2.75, 3.05) is 5.32 Å². The van der Waals surface area contributed by atoms with Gasteiger partial charge in [0, 0.05) is 5.39 Å². The molecule has 0 bridgehead atoms. The number of pyridine rings is 1. The van der Waals surface area contributed by atoms with E-state index in [-0.39, 0.29) is 80.9 Å². The van der Waals surface area contributed by atoms with Crippen LogP contribution in [0.3, 0.4) is 0 Å². The number of anilines is 1. The van der Waals surface area contributed by atoms with Gasteiger partial charge in [-0.3, -0.25) is 9.59 Å². The molecule has 5 rings (SSSR count). The molecule has 0 aliphatic rings. The van der Waals surface area contributed by atoms with Crippen LogP contribution < -0.4 is 15.8 Å². The molecule has 3 aromatic heterocycles. The highest BCUT2D eigenvalue weighted by Crippen LogP contribution is 2.48. The molecule has 0 saturated heterocycles. The van der Waals surface area contributed by atoms with Gasteiger partial charge in [-0.1, -0.05) is 70.1 Å². The number of rotatable bonds is 7. The van der Waals surface area contributed by atoms with Crippen LogP contribution >= 0.6 is 69.3 Å². The number of carbonyl (C=O) groups is 2. The van der Waals surface area contributed by atoms with Gasteiger partial charge in [0.1, 0.15) is 43.6 Å². The Morgan fingerprint density at radius 3 is 2.16 bits per heavy atom. The third-order valence-corrected chi connectivity index (χ3v) is 9.32. The average Bonchev–Trinajstić information content (AvgIpc) is 3.60. The number of halogens is 9. The second-order valence-electron chi connectivity index (χ2n) is 8.82. The molecule has 44 heavy (non-hydrogen) atoms. The number of alkyl halides is 3. The molecular formula is C27H12Cl5F4N3O4S.